The van der Waals surface area contributed by atoms with E-state index in [1.54, 1.807) is 6.92 Å². The van der Waals surface area contributed by atoms with Gasteiger partial charge in [-0.15, -0.1) is 0 Å². The van der Waals surface area contributed by atoms with Gasteiger partial charge in [-0.3, -0.25) is 9.69 Å². The molecule has 2 aliphatic heterocycles. The molecule has 4 aromatic rings. The van der Waals surface area contributed by atoms with Gasteiger partial charge in [0.05, 0.1) is 12.1 Å². The van der Waals surface area contributed by atoms with Crippen molar-refractivity contribution in [2.45, 2.75) is 110 Å². The molecule has 0 spiro atoms. The Morgan fingerprint density at radius 1 is 1.02 bits per heavy atom. The van der Waals surface area contributed by atoms with Gasteiger partial charge in [0.25, 0.3) is 13.9 Å². The van der Waals surface area contributed by atoms with E-state index >= 15 is 4.39 Å². The largest absolute Gasteiger partial charge is 0.472 e. The topological polar surface area (TPSA) is 106 Å². The van der Waals surface area contributed by atoms with Gasteiger partial charge in [0.2, 0.25) is 5.88 Å². The van der Waals surface area contributed by atoms with Crippen molar-refractivity contribution in [2.75, 3.05) is 13.2 Å². The predicted molar refractivity (Wildman–Crippen MR) is 206 cm³/mol. The molecule has 4 heterocycles. The molecule has 0 radical (unpaired) electrons. The van der Waals surface area contributed by atoms with Crippen LogP contribution >= 0.6 is 11.6 Å². The molecular formula is C40H50ClFN4O5Si. The van der Waals surface area contributed by atoms with Crippen molar-refractivity contribution in [2.24, 2.45) is 0 Å². The summed E-state index contributed by atoms with van der Waals surface area (Å²) < 4.78 is 35.1. The summed E-state index contributed by atoms with van der Waals surface area (Å²) in [6.45, 7) is 16.7. The van der Waals surface area contributed by atoms with Crippen molar-refractivity contribution in [1.82, 2.24) is 20.2 Å². The van der Waals surface area contributed by atoms with E-state index in [1.165, 1.54) is 0 Å². The summed E-state index contributed by atoms with van der Waals surface area (Å²) in [4.78, 5) is 36.1. The lowest BCUT2D eigenvalue weighted by atomic mass is 10.00. The van der Waals surface area contributed by atoms with Gasteiger partial charge in [-0.25, -0.2) is 9.18 Å². The fraction of sp³-hybridized carbons (Fsp3) is 0.475. The van der Waals surface area contributed by atoms with Crippen LogP contribution in [-0.2, 0) is 15.6 Å². The molecule has 2 bridgehead atoms. The molecule has 9 nitrogen and oxygen atoms in total. The maximum Gasteiger partial charge on any atom is 0.410 e. The lowest BCUT2D eigenvalue weighted by Gasteiger charge is -2.43. The average molecular weight is 749 g/mol. The number of carbonyl (C=O) groups is 1. The summed E-state index contributed by atoms with van der Waals surface area (Å²) in [5.41, 5.74) is -0.0721. The molecule has 1 amide bonds. The number of halogens is 2. The summed E-state index contributed by atoms with van der Waals surface area (Å²) in [5.74, 6) is -0.834. The van der Waals surface area contributed by atoms with E-state index < -0.39 is 31.4 Å². The minimum absolute atomic E-state index is 0.00740. The van der Waals surface area contributed by atoms with E-state index in [1.807, 2.05) is 69.0 Å². The number of carbonyl (C=O) groups excluding carboxylic acids is 1. The number of rotatable bonds is 9. The second-order valence-electron chi connectivity index (χ2n) is 16.0. The van der Waals surface area contributed by atoms with E-state index in [-0.39, 0.29) is 51.1 Å². The van der Waals surface area contributed by atoms with Gasteiger partial charge in [-0.2, -0.15) is 4.98 Å². The van der Waals surface area contributed by atoms with Crippen molar-refractivity contribution < 1.29 is 23.1 Å². The van der Waals surface area contributed by atoms with Crippen molar-refractivity contribution >= 4 is 47.2 Å². The summed E-state index contributed by atoms with van der Waals surface area (Å²) in [5, 5.41) is 5.26. The molecule has 0 aliphatic carbocycles. The Kier molecular flexibility index (Phi) is 10.6. The Balaban J connectivity index is 1.29. The van der Waals surface area contributed by atoms with Crippen LogP contribution in [0.3, 0.4) is 0 Å². The van der Waals surface area contributed by atoms with Gasteiger partial charge in [0.1, 0.15) is 17.1 Å². The first-order valence-corrected chi connectivity index (χ1v) is 20.4. The second-order valence-corrected chi connectivity index (χ2v) is 20.7. The first kappa shape index (κ1) is 38.0. The van der Waals surface area contributed by atoms with Gasteiger partial charge in [-0.1, -0.05) is 93.0 Å². The minimum atomic E-state index is -2.84. The average Bonchev–Trinajstić information content (AvgIpc) is 3.38. The highest BCUT2D eigenvalue weighted by Gasteiger charge is 2.50. The molecule has 2 aliphatic rings. The number of nitrogens with zero attached hydrogens (tertiary/aromatic N) is 2. The molecule has 6 rings (SSSR count). The normalized spacial score (nSPS) is 19.9. The summed E-state index contributed by atoms with van der Waals surface area (Å²) in [7, 11) is -2.84. The van der Waals surface area contributed by atoms with Gasteiger partial charge >= 0.3 is 6.09 Å². The lowest BCUT2D eigenvalue weighted by molar-refractivity contribution is -0.00493. The third-order valence-electron chi connectivity index (χ3n) is 10.4. The number of fused-ring (bicyclic) bond motifs is 3. The van der Waals surface area contributed by atoms with E-state index in [4.69, 9.17) is 25.5 Å². The molecule has 0 saturated carbocycles. The minimum Gasteiger partial charge on any atom is -0.472 e. The molecule has 278 valence electrons. The number of H-pyrrole nitrogens is 1. The Bertz CT molecular complexity index is 1940. The van der Waals surface area contributed by atoms with Crippen LogP contribution in [0, 0.1) is 12.7 Å². The van der Waals surface area contributed by atoms with Crippen molar-refractivity contribution in [3.05, 3.63) is 93.2 Å². The standard InChI is InChI=1S/C40H50ClFN4O5Si/c1-24-29(21-22-49-52(40(6,7)8,27-15-11-9-12-16-27)28-17-13-10-14-18-28)44-36(47)32-31(24)33(42)35(41)45-37(32)50-25(2)34-30-20-19-26(23-43-34)46(30)38(48)51-39(3,4)5/h9-18,25-26,30,34,43H,19-23H2,1-8H3,(H,44,47)/t25-,26+,30-,34+/m0/s1. The highest BCUT2D eigenvalue weighted by molar-refractivity contribution is 6.99. The van der Waals surface area contributed by atoms with E-state index in [0.717, 1.165) is 23.2 Å². The molecule has 52 heavy (non-hydrogen) atoms. The zero-order valence-corrected chi connectivity index (χ0v) is 33.1. The summed E-state index contributed by atoms with van der Waals surface area (Å²) in [6, 6.07) is 20.2. The number of hydrogen-bond donors (Lipinski definition) is 2. The Morgan fingerprint density at radius 2 is 1.63 bits per heavy atom. The molecule has 2 aromatic heterocycles. The fourth-order valence-electron chi connectivity index (χ4n) is 8.12. The van der Waals surface area contributed by atoms with Crippen LogP contribution in [-0.4, -0.2) is 72.3 Å². The van der Waals surface area contributed by atoms with Crippen LogP contribution < -0.4 is 26.0 Å². The molecule has 2 N–H and O–H groups in total. The molecule has 12 heteroatoms. The number of amides is 1. The number of ether oxygens (including phenoxy) is 2. The monoisotopic (exact) mass is 748 g/mol. The quantitative estimate of drug-likeness (QED) is 0.146. The maximum absolute atomic E-state index is 15.9. The highest BCUT2D eigenvalue weighted by atomic mass is 35.5. The highest BCUT2D eigenvalue weighted by Crippen LogP contribution is 2.38. The maximum atomic E-state index is 15.9. The number of piperazine rings is 1. The number of aryl methyl sites for hydroxylation is 1. The van der Waals surface area contributed by atoms with Crippen LogP contribution in [0.5, 0.6) is 5.88 Å². The van der Waals surface area contributed by atoms with Crippen molar-refractivity contribution in [3.63, 3.8) is 0 Å². The van der Waals surface area contributed by atoms with Gasteiger partial charge < -0.3 is 24.2 Å². The SMILES string of the molecule is Cc1c(CCO[Si](c2ccccc2)(c2ccccc2)C(C)(C)C)[nH]c(=O)c2c(O[C@@H](C)[C@H]3NC[C@H]4CC[C@@H]3N4C(=O)OC(C)(C)C)nc(Cl)c(F)c12. The molecule has 2 saturated heterocycles. The predicted octanol–water partition coefficient (Wildman–Crippen LogP) is 6.65. The number of aromatic nitrogens is 2. The molecule has 4 atom stereocenters. The number of pyridine rings is 2. The zero-order valence-electron chi connectivity index (χ0n) is 31.3. The Hall–Kier alpha value is -3.77. The second kappa shape index (κ2) is 14.6. The van der Waals surface area contributed by atoms with Crippen LogP contribution in [0.1, 0.15) is 72.6 Å². The van der Waals surface area contributed by atoms with Crippen LogP contribution in [0.25, 0.3) is 10.8 Å². The van der Waals surface area contributed by atoms with Gasteiger partial charge in [0.15, 0.2) is 11.0 Å². The van der Waals surface area contributed by atoms with E-state index in [2.05, 4.69) is 60.3 Å². The molecule has 2 aromatic carbocycles. The first-order chi connectivity index (χ1) is 24.5. The van der Waals surface area contributed by atoms with Crippen LogP contribution in [0.4, 0.5) is 9.18 Å². The fourth-order valence-corrected chi connectivity index (χ4v) is 12.9. The van der Waals surface area contributed by atoms with Gasteiger partial charge in [0, 0.05) is 36.7 Å². The Labute approximate surface area is 311 Å². The van der Waals surface area contributed by atoms with Gasteiger partial charge in [-0.05, 0) is 68.4 Å². The first-order valence-electron chi connectivity index (χ1n) is 18.1. The van der Waals surface area contributed by atoms with Crippen LogP contribution in [0.15, 0.2) is 65.5 Å². The molecule has 2 fully saturated rings. The number of aromatic amines is 1. The van der Waals surface area contributed by atoms with E-state index in [9.17, 15) is 9.59 Å². The van der Waals surface area contributed by atoms with Crippen molar-refractivity contribution in [1.29, 1.82) is 0 Å². The smallest absolute Gasteiger partial charge is 0.410 e. The number of nitrogens with one attached hydrogen (secondary N) is 2. The zero-order chi connectivity index (χ0) is 37.6. The lowest BCUT2D eigenvalue weighted by Crippen LogP contribution is -2.66. The van der Waals surface area contributed by atoms with E-state index in [0.29, 0.717) is 30.8 Å². The number of benzene rings is 2. The molecule has 0 unspecified atom stereocenters. The van der Waals surface area contributed by atoms with Crippen molar-refractivity contribution in [3.8, 4) is 5.88 Å². The molecular weight excluding hydrogens is 699 g/mol. The summed E-state index contributed by atoms with van der Waals surface area (Å²) in [6.07, 6.45) is 1.04. The summed E-state index contributed by atoms with van der Waals surface area (Å²) >= 11 is 6.40. The third-order valence-corrected chi connectivity index (χ3v) is 15.7. The number of hydrogen-bond acceptors (Lipinski definition) is 7. The van der Waals surface area contributed by atoms with Crippen LogP contribution in [0.2, 0.25) is 10.2 Å². The third kappa shape index (κ3) is 7.12. The Morgan fingerprint density at radius 3 is 2.21 bits per heavy atom.